The van der Waals surface area contributed by atoms with Gasteiger partial charge in [-0.2, -0.15) is 0 Å². The molecule has 1 fully saturated rings. The number of aliphatic hydroxyl groups is 1. The Kier molecular flexibility index (Phi) is 5.96. The minimum atomic E-state index is -0.945. The molecule has 1 saturated heterocycles. The van der Waals surface area contributed by atoms with Crippen molar-refractivity contribution in [1.82, 2.24) is 4.90 Å². The van der Waals surface area contributed by atoms with E-state index in [2.05, 4.69) is 11.0 Å². The Morgan fingerprint density at radius 1 is 0.939 bits per heavy atom. The Morgan fingerprint density at radius 3 is 2.55 bits per heavy atom. The third kappa shape index (κ3) is 4.68. The predicted octanol–water partition coefficient (Wildman–Crippen LogP) is 4.41. The van der Waals surface area contributed by atoms with E-state index in [0.29, 0.717) is 51.3 Å². The van der Waals surface area contributed by atoms with Crippen molar-refractivity contribution in [3.8, 4) is 11.5 Å². The molecule has 33 heavy (non-hydrogen) atoms. The molecule has 0 radical (unpaired) electrons. The molecule has 2 N–H and O–H groups in total. The highest BCUT2D eigenvalue weighted by Crippen LogP contribution is 2.37. The fourth-order valence-corrected chi connectivity index (χ4v) is 4.90. The van der Waals surface area contributed by atoms with Gasteiger partial charge in [-0.25, -0.2) is 4.39 Å². The van der Waals surface area contributed by atoms with Gasteiger partial charge in [-0.1, -0.05) is 30.3 Å². The molecule has 5 nitrogen and oxygen atoms in total. The number of anilines is 1. The summed E-state index contributed by atoms with van der Waals surface area (Å²) in [6.45, 7) is 3.97. The normalized spacial score (nSPS) is 18.3. The molecule has 0 saturated carbocycles. The quantitative estimate of drug-likeness (QED) is 0.619. The Balaban J connectivity index is 1.31. The van der Waals surface area contributed by atoms with Crippen LogP contribution in [0.5, 0.6) is 11.5 Å². The van der Waals surface area contributed by atoms with E-state index < -0.39 is 5.60 Å². The molecule has 0 aliphatic carbocycles. The van der Waals surface area contributed by atoms with Crippen molar-refractivity contribution in [1.29, 1.82) is 0 Å². The van der Waals surface area contributed by atoms with Crippen LogP contribution in [0.15, 0.2) is 66.7 Å². The molecule has 0 aromatic heterocycles. The smallest absolute Gasteiger partial charge is 0.146 e. The molecular weight excluding hydrogens is 419 g/mol. The number of ether oxygens (including phenoxy) is 1. The maximum absolute atomic E-state index is 14.2. The lowest BCUT2D eigenvalue weighted by molar-refractivity contribution is 0.0115. The third-order valence-corrected chi connectivity index (χ3v) is 6.76. The van der Waals surface area contributed by atoms with E-state index in [1.165, 1.54) is 6.07 Å². The average Bonchev–Trinajstić information content (AvgIpc) is 3.01. The standard InChI is InChI=1S/C27H29FN2O3/c28-24-6-1-2-7-25(24)30-12-10-27(32,11-13-30)22-8-9-26-21(17-22)19-29(14-15-33-26)18-20-4-3-5-23(31)16-20/h1-9,16-17,31-32H,10-15,18-19H2. The zero-order valence-electron chi connectivity index (χ0n) is 18.6. The van der Waals surface area contributed by atoms with Gasteiger partial charge in [-0.05, 0) is 60.4 Å². The maximum atomic E-state index is 14.2. The molecule has 0 unspecified atom stereocenters. The molecular formula is C27H29FN2O3. The first-order valence-corrected chi connectivity index (χ1v) is 11.5. The number of halogens is 1. The highest BCUT2D eigenvalue weighted by molar-refractivity contribution is 5.49. The number of para-hydroxylation sites is 1. The van der Waals surface area contributed by atoms with Crippen LogP contribution in [-0.2, 0) is 18.7 Å². The van der Waals surface area contributed by atoms with Crippen molar-refractivity contribution in [3.05, 3.63) is 89.2 Å². The first-order valence-electron chi connectivity index (χ1n) is 11.5. The van der Waals surface area contributed by atoms with Crippen molar-refractivity contribution in [2.75, 3.05) is 31.1 Å². The molecule has 2 heterocycles. The van der Waals surface area contributed by atoms with Crippen LogP contribution in [-0.4, -0.2) is 41.4 Å². The van der Waals surface area contributed by atoms with Crippen LogP contribution in [0.2, 0.25) is 0 Å². The number of hydrogen-bond donors (Lipinski definition) is 2. The third-order valence-electron chi connectivity index (χ3n) is 6.76. The van der Waals surface area contributed by atoms with Gasteiger partial charge in [0, 0.05) is 38.3 Å². The largest absolute Gasteiger partial charge is 0.508 e. The maximum Gasteiger partial charge on any atom is 0.146 e. The van der Waals surface area contributed by atoms with Gasteiger partial charge in [0.15, 0.2) is 0 Å². The second kappa shape index (κ2) is 9.04. The number of benzene rings is 3. The van der Waals surface area contributed by atoms with Crippen molar-refractivity contribution < 1.29 is 19.3 Å². The van der Waals surface area contributed by atoms with Gasteiger partial charge < -0.3 is 19.8 Å². The molecule has 0 amide bonds. The summed E-state index contributed by atoms with van der Waals surface area (Å²) in [5.41, 5.74) is 2.64. The van der Waals surface area contributed by atoms with Crippen molar-refractivity contribution in [3.63, 3.8) is 0 Å². The van der Waals surface area contributed by atoms with Gasteiger partial charge in [-0.3, -0.25) is 4.90 Å². The fraction of sp³-hybridized carbons (Fsp3) is 0.333. The monoisotopic (exact) mass is 448 g/mol. The topological polar surface area (TPSA) is 56.2 Å². The number of nitrogens with zero attached hydrogens (tertiary/aromatic N) is 2. The second-order valence-electron chi connectivity index (χ2n) is 9.02. The van der Waals surface area contributed by atoms with Crippen LogP contribution in [0.4, 0.5) is 10.1 Å². The number of fused-ring (bicyclic) bond motifs is 1. The number of phenolic OH excluding ortho intramolecular Hbond substituents is 1. The average molecular weight is 449 g/mol. The highest BCUT2D eigenvalue weighted by Gasteiger charge is 2.35. The van der Waals surface area contributed by atoms with E-state index in [-0.39, 0.29) is 11.6 Å². The summed E-state index contributed by atoms with van der Waals surface area (Å²) in [5, 5.41) is 21.3. The molecule has 6 heteroatoms. The van der Waals surface area contributed by atoms with Gasteiger partial charge >= 0.3 is 0 Å². The van der Waals surface area contributed by atoms with E-state index in [9.17, 15) is 14.6 Å². The lowest BCUT2D eigenvalue weighted by Crippen LogP contribution is -2.43. The number of piperidine rings is 1. The van der Waals surface area contributed by atoms with Crippen LogP contribution < -0.4 is 9.64 Å². The van der Waals surface area contributed by atoms with Gasteiger partial charge in [-0.15, -0.1) is 0 Å². The zero-order chi connectivity index (χ0) is 22.8. The molecule has 5 rings (SSSR count). The number of phenols is 1. The summed E-state index contributed by atoms with van der Waals surface area (Å²) in [7, 11) is 0. The Hall–Kier alpha value is -3.09. The van der Waals surface area contributed by atoms with Crippen LogP contribution in [0, 0.1) is 5.82 Å². The lowest BCUT2D eigenvalue weighted by Gasteiger charge is -2.40. The fourth-order valence-electron chi connectivity index (χ4n) is 4.90. The minimum Gasteiger partial charge on any atom is -0.508 e. The molecule has 0 atom stereocenters. The Labute approximate surface area is 193 Å². The van der Waals surface area contributed by atoms with Crippen molar-refractivity contribution in [2.45, 2.75) is 31.5 Å². The van der Waals surface area contributed by atoms with Crippen LogP contribution in [0.25, 0.3) is 0 Å². The molecule has 0 spiro atoms. The summed E-state index contributed by atoms with van der Waals surface area (Å²) >= 11 is 0. The van der Waals surface area contributed by atoms with E-state index in [1.807, 2.05) is 35.2 Å². The van der Waals surface area contributed by atoms with Crippen LogP contribution in [0.1, 0.15) is 29.5 Å². The van der Waals surface area contributed by atoms with Crippen LogP contribution >= 0.6 is 0 Å². The number of hydrogen-bond acceptors (Lipinski definition) is 5. The first kappa shape index (κ1) is 21.7. The lowest BCUT2D eigenvalue weighted by atomic mass is 9.83. The molecule has 3 aromatic carbocycles. The Morgan fingerprint density at radius 2 is 1.76 bits per heavy atom. The first-order chi connectivity index (χ1) is 16.0. The SMILES string of the molecule is Oc1cccc(CN2CCOc3ccc(C4(O)CCN(c5ccccc5F)CC4)cc3C2)c1. The number of aromatic hydroxyl groups is 1. The summed E-state index contributed by atoms with van der Waals surface area (Å²) in [5.74, 6) is 0.895. The molecule has 2 aliphatic rings. The van der Waals surface area contributed by atoms with E-state index >= 15 is 0 Å². The van der Waals surface area contributed by atoms with E-state index in [0.717, 1.165) is 29.0 Å². The zero-order valence-corrected chi connectivity index (χ0v) is 18.6. The van der Waals surface area contributed by atoms with Crippen molar-refractivity contribution in [2.24, 2.45) is 0 Å². The highest BCUT2D eigenvalue weighted by atomic mass is 19.1. The van der Waals surface area contributed by atoms with Gasteiger partial charge in [0.25, 0.3) is 0 Å². The second-order valence-corrected chi connectivity index (χ2v) is 9.02. The predicted molar refractivity (Wildman–Crippen MR) is 126 cm³/mol. The molecule has 2 aliphatic heterocycles. The van der Waals surface area contributed by atoms with Gasteiger partial charge in [0.1, 0.15) is 23.9 Å². The van der Waals surface area contributed by atoms with E-state index in [4.69, 9.17) is 4.74 Å². The van der Waals surface area contributed by atoms with Gasteiger partial charge in [0.05, 0.1) is 11.3 Å². The summed E-state index contributed by atoms with van der Waals surface area (Å²) < 4.78 is 20.2. The van der Waals surface area contributed by atoms with Crippen LogP contribution in [0.3, 0.4) is 0 Å². The molecule has 0 bridgehead atoms. The summed E-state index contributed by atoms with van der Waals surface area (Å²) in [6.07, 6.45) is 1.07. The Bertz CT molecular complexity index is 1130. The number of rotatable bonds is 4. The van der Waals surface area contributed by atoms with Gasteiger partial charge in [0.2, 0.25) is 0 Å². The summed E-state index contributed by atoms with van der Waals surface area (Å²) in [6, 6.07) is 20.1. The summed E-state index contributed by atoms with van der Waals surface area (Å²) in [4.78, 5) is 4.29. The molecule has 172 valence electrons. The van der Waals surface area contributed by atoms with Crippen molar-refractivity contribution >= 4 is 5.69 Å². The minimum absolute atomic E-state index is 0.225. The van der Waals surface area contributed by atoms with E-state index in [1.54, 1.807) is 24.3 Å². The molecule has 3 aromatic rings.